The number of rotatable bonds is 7. The summed E-state index contributed by atoms with van der Waals surface area (Å²) in [7, 11) is 0. The molecule has 1 unspecified atom stereocenters. The summed E-state index contributed by atoms with van der Waals surface area (Å²) in [5, 5.41) is 0. The highest BCUT2D eigenvalue weighted by Gasteiger charge is 2.17. The van der Waals surface area contributed by atoms with Crippen molar-refractivity contribution in [2.75, 3.05) is 6.61 Å². The van der Waals surface area contributed by atoms with Crippen LogP contribution >= 0.6 is 0 Å². The molecule has 0 amide bonds. The van der Waals surface area contributed by atoms with Crippen LogP contribution in [-0.4, -0.2) is 12.6 Å². The van der Waals surface area contributed by atoms with E-state index in [-0.39, 0.29) is 18.1 Å². The van der Waals surface area contributed by atoms with E-state index in [4.69, 9.17) is 4.74 Å². The van der Waals surface area contributed by atoms with Gasteiger partial charge in [-0.25, -0.2) is 18.0 Å². The molecule has 5 heteroatoms. The van der Waals surface area contributed by atoms with Crippen LogP contribution in [0, 0.1) is 23.4 Å². The normalized spacial score (nSPS) is 12.2. The standard InChI is InChI=1S/C15H19F3O2/c1-3-5-6-10(4-2)9-20-15(19)11-7-12(16)14(18)13(17)8-11/h7-8,10H,3-6,9H2,1-2H3. The van der Waals surface area contributed by atoms with Crippen LogP contribution in [0.3, 0.4) is 0 Å². The summed E-state index contributed by atoms with van der Waals surface area (Å²) < 4.78 is 43.8. The summed E-state index contributed by atoms with van der Waals surface area (Å²) in [6.45, 7) is 4.27. The lowest BCUT2D eigenvalue weighted by Crippen LogP contribution is -2.14. The third-order valence-electron chi connectivity index (χ3n) is 3.21. The number of unbranched alkanes of at least 4 members (excludes halogenated alkanes) is 1. The molecule has 0 aliphatic carbocycles. The van der Waals surface area contributed by atoms with E-state index in [1.807, 2.05) is 6.92 Å². The first kappa shape index (κ1) is 16.5. The van der Waals surface area contributed by atoms with Gasteiger partial charge in [0.25, 0.3) is 0 Å². The van der Waals surface area contributed by atoms with Crippen molar-refractivity contribution >= 4 is 5.97 Å². The summed E-state index contributed by atoms with van der Waals surface area (Å²) in [4.78, 5) is 11.7. The molecule has 0 spiro atoms. The number of hydrogen-bond donors (Lipinski definition) is 0. The van der Waals surface area contributed by atoms with E-state index in [1.54, 1.807) is 0 Å². The Morgan fingerprint density at radius 2 is 1.80 bits per heavy atom. The Morgan fingerprint density at radius 3 is 2.30 bits per heavy atom. The van der Waals surface area contributed by atoms with E-state index in [1.165, 1.54) is 0 Å². The Morgan fingerprint density at radius 1 is 1.20 bits per heavy atom. The highest BCUT2D eigenvalue weighted by atomic mass is 19.2. The van der Waals surface area contributed by atoms with Crippen LogP contribution in [0.4, 0.5) is 13.2 Å². The largest absolute Gasteiger partial charge is 0.462 e. The molecule has 0 radical (unpaired) electrons. The molecule has 0 bridgehead atoms. The van der Waals surface area contributed by atoms with Crippen molar-refractivity contribution in [3.63, 3.8) is 0 Å². The molecule has 1 aromatic rings. The number of hydrogen-bond acceptors (Lipinski definition) is 2. The predicted molar refractivity (Wildman–Crippen MR) is 69.9 cm³/mol. The molecule has 112 valence electrons. The molecule has 0 heterocycles. The number of ether oxygens (including phenoxy) is 1. The fourth-order valence-electron chi connectivity index (χ4n) is 1.85. The minimum Gasteiger partial charge on any atom is -0.462 e. The van der Waals surface area contributed by atoms with Crippen molar-refractivity contribution in [3.8, 4) is 0 Å². The van der Waals surface area contributed by atoms with Crippen molar-refractivity contribution in [2.45, 2.75) is 39.5 Å². The molecule has 1 atom stereocenters. The average molecular weight is 288 g/mol. The van der Waals surface area contributed by atoms with Crippen LogP contribution in [0.1, 0.15) is 49.9 Å². The van der Waals surface area contributed by atoms with Crippen molar-refractivity contribution in [3.05, 3.63) is 35.1 Å². The maximum Gasteiger partial charge on any atom is 0.338 e. The molecule has 0 fully saturated rings. The lowest BCUT2D eigenvalue weighted by atomic mass is 10.0. The maximum atomic E-state index is 13.0. The van der Waals surface area contributed by atoms with Gasteiger partial charge in [0.05, 0.1) is 12.2 Å². The quantitative estimate of drug-likeness (QED) is 0.546. The maximum absolute atomic E-state index is 13.0. The summed E-state index contributed by atoms with van der Waals surface area (Å²) in [6, 6.07) is 1.29. The van der Waals surface area contributed by atoms with Gasteiger partial charge in [0.1, 0.15) is 0 Å². The highest BCUT2D eigenvalue weighted by Crippen LogP contribution is 2.17. The van der Waals surface area contributed by atoms with E-state index in [9.17, 15) is 18.0 Å². The Hall–Kier alpha value is -1.52. The molecule has 1 aromatic carbocycles. The van der Waals surface area contributed by atoms with Gasteiger partial charge in [-0.2, -0.15) is 0 Å². The zero-order valence-electron chi connectivity index (χ0n) is 11.7. The summed E-state index contributed by atoms with van der Waals surface area (Å²) >= 11 is 0. The van der Waals surface area contributed by atoms with Crippen LogP contribution < -0.4 is 0 Å². The van der Waals surface area contributed by atoms with E-state index in [0.717, 1.165) is 25.7 Å². The zero-order chi connectivity index (χ0) is 15.1. The Bertz CT molecular complexity index is 437. The number of carbonyl (C=O) groups is 1. The number of benzene rings is 1. The van der Waals surface area contributed by atoms with Gasteiger partial charge in [0.15, 0.2) is 17.5 Å². The summed E-state index contributed by atoms with van der Waals surface area (Å²) in [6.07, 6.45) is 3.89. The van der Waals surface area contributed by atoms with Crippen molar-refractivity contribution < 1.29 is 22.7 Å². The van der Waals surface area contributed by atoms with Crippen molar-refractivity contribution in [2.24, 2.45) is 5.92 Å². The van der Waals surface area contributed by atoms with Gasteiger partial charge in [0.2, 0.25) is 0 Å². The third-order valence-corrected chi connectivity index (χ3v) is 3.21. The fraction of sp³-hybridized carbons (Fsp3) is 0.533. The lowest BCUT2D eigenvalue weighted by molar-refractivity contribution is 0.0427. The first-order chi connectivity index (χ1) is 9.49. The van der Waals surface area contributed by atoms with Gasteiger partial charge in [-0.15, -0.1) is 0 Å². The van der Waals surface area contributed by atoms with Crippen LogP contribution in [0.25, 0.3) is 0 Å². The molecular weight excluding hydrogens is 269 g/mol. The topological polar surface area (TPSA) is 26.3 Å². The lowest BCUT2D eigenvalue weighted by Gasteiger charge is -2.14. The Balaban J connectivity index is 2.62. The second-order valence-electron chi connectivity index (χ2n) is 4.77. The smallest absolute Gasteiger partial charge is 0.338 e. The first-order valence-corrected chi connectivity index (χ1v) is 6.81. The fourth-order valence-corrected chi connectivity index (χ4v) is 1.85. The van der Waals surface area contributed by atoms with Gasteiger partial charge in [-0.1, -0.05) is 33.1 Å². The molecule has 0 aromatic heterocycles. The van der Waals surface area contributed by atoms with Gasteiger partial charge in [-0.3, -0.25) is 0 Å². The summed E-state index contributed by atoms with van der Waals surface area (Å²) in [5.41, 5.74) is -0.313. The minimum absolute atomic E-state index is 0.204. The van der Waals surface area contributed by atoms with Gasteiger partial charge in [-0.05, 0) is 24.5 Å². The SMILES string of the molecule is CCCCC(CC)COC(=O)c1cc(F)c(F)c(F)c1. The second-order valence-corrected chi connectivity index (χ2v) is 4.77. The number of halogens is 3. The molecule has 0 aliphatic heterocycles. The minimum atomic E-state index is -1.59. The first-order valence-electron chi connectivity index (χ1n) is 6.81. The molecule has 0 aliphatic rings. The predicted octanol–water partition coefficient (Wildman–Crippen LogP) is 4.48. The molecule has 0 N–H and O–H groups in total. The van der Waals surface area contributed by atoms with E-state index in [2.05, 4.69) is 6.92 Å². The van der Waals surface area contributed by atoms with E-state index in [0.29, 0.717) is 12.1 Å². The average Bonchev–Trinajstić information content (AvgIpc) is 2.44. The monoisotopic (exact) mass is 288 g/mol. The van der Waals surface area contributed by atoms with Crippen LogP contribution in [0.2, 0.25) is 0 Å². The van der Waals surface area contributed by atoms with Crippen molar-refractivity contribution in [1.82, 2.24) is 0 Å². The molecule has 20 heavy (non-hydrogen) atoms. The molecule has 1 rings (SSSR count). The zero-order valence-corrected chi connectivity index (χ0v) is 11.7. The van der Waals surface area contributed by atoms with Crippen LogP contribution in [0.15, 0.2) is 12.1 Å². The number of esters is 1. The van der Waals surface area contributed by atoms with E-state index < -0.39 is 23.4 Å². The van der Waals surface area contributed by atoms with Crippen LogP contribution in [-0.2, 0) is 4.74 Å². The Kier molecular flexibility index (Phi) is 6.55. The number of carbonyl (C=O) groups excluding carboxylic acids is 1. The summed E-state index contributed by atoms with van der Waals surface area (Å²) in [5.74, 6) is -4.98. The second kappa shape index (κ2) is 7.92. The van der Waals surface area contributed by atoms with Gasteiger partial charge < -0.3 is 4.74 Å². The van der Waals surface area contributed by atoms with Gasteiger partial charge >= 0.3 is 5.97 Å². The van der Waals surface area contributed by atoms with E-state index >= 15 is 0 Å². The molecule has 0 saturated carbocycles. The highest BCUT2D eigenvalue weighted by molar-refractivity contribution is 5.89. The molecular formula is C15H19F3O2. The van der Waals surface area contributed by atoms with Crippen molar-refractivity contribution in [1.29, 1.82) is 0 Å². The van der Waals surface area contributed by atoms with Crippen LogP contribution in [0.5, 0.6) is 0 Å². The third kappa shape index (κ3) is 4.54. The van der Waals surface area contributed by atoms with Gasteiger partial charge in [0, 0.05) is 0 Å². The molecule has 2 nitrogen and oxygen atoms in total. The Labute approximate surface area is 116 Å². The molecule has 0 saturated heterocycles.